The molecule has 138 valence electrons. The van der Waals surface area contributed by atoms with E-state index in [9.17, 15) is 4.79 Å². The van der Waals surface area contributed by atoms with Crippen LogP contribution in [0.2, 0.25) is 0 Å². The summed E-state index contributed by atoms with van der Waals surface area (Å²) in [5.41, 5.74) is 4.86. The second-order valence-corrected chi connectivity index (χ2v) is 6.69. The van der Waals surface area contributed by atoms with Crippen molar-refractivity contribution >= 4 is 17.4 Å². The minimum Gasteiger partial charge on any atom is -0.359 e. The summed E-state index contributed by atoms with van der Waals surface area (Å²) in [5.74, 6) is 0.743. The number of hydrogen-bond acceptors (Lipinski definition) is 4. The first kappa shape index (κ1) is 18.6. The monoisotopic (exact) mass is 360 g/mol. The fraction of sp³-hybridized carbons (Fsp3) is 0.227. The molecule has 2 heterocycles. The summed E-state index contributed by atoms with van der Waals surface area (Å²) < 4.78 is 0. The molecule has 0 bridgehead atoms. The van der Waals surface area contributed by atoms with Crippen molar-refractivity contribution in [2.24, 2.45) is 0 Å². The molecule has 5 heteroatoms. The van der Waals surface area contributed by atoms with Gasteiger partial charge in [-0.1, -0.05) is 6.07 Å². The quantitative estimate of drug-likeness (QED) is 0.721. The van der Waals surface area contributed by atoms with Gasteiger partial charge in [-0.25, -0.2) is 4.98 Å². The van der Waals surface area contributed by atoms with Crippen LogP contribution in [0.15, 0.2) is 61.1 Å². The van der Waals surface area contributed by atoms with Gasteiger partial charge in [-0.3, -0.25) is 9.78 Å². The van der Waals surface area contributed by atoms with E-state index in [0.29, 0.717) is 11.3 Å². The van der Waals surface area contributed by atoms with E-state index in [1.165, 1.54) is 11.1 Å². The third-order valence-corrected chi connectivity index (χ3v) is 4.65. The Labute approximate surface area is 160 Å². The van der Waals surface area contributed by atoms with E-state index in [0.717, 1.165) is 24.3 Å². The Morgan fingerprint density at radius 3 is 2.48 bits per heavy atom. The number of anilines is 2. The number of nitrogens with zero attached hydrogens (tertiary/aromatic N) is 3. The molecule has 0 radical (unpaired) electrons. The van der Waals surface area contributed by atoms with Crippen LogP contribution < -0.4 is 10.2 Å². The lowest BCUT2D eigenvalue weighted by molar-refractivity contribution is 0.102. The molecule has 1 amide bonds. The van der Waals surface area contributed by atoms with Gasteiger partial charge in [-0.05, 0) is 73.4 Å². The number of amides is 1. The van der Waals surface area contributed by atoms with Crippen molar-refractivity contribution in [1.29, 1.82) is 0 Å². The van der Waals surface area contributed by atoms with Crippen LogP contribution >= 0.6 is 0 Å². The van der Waals surface area contributed by atoms with Gasteiger partial charge >= 0.3 is 0 Å². The summed E-state index contributed by atoms with van der Waals surface area (Å²) in [6.07, 6.45) is 6.23. The Hall–Kier alpha value is -3.21. The van der Waals surface area contributed by atoms with E-state index < -0.39 is 0 Å². The molecule has 0 aliphatic heterocycles. The third kappa shape index (κ3) is 4.91. The molecule has 0 aliphatic carbocycles. The Kier molecular flexibility index (Phi) is 5.81. The highest BCUT2D eigenvalue weighted by molar-refractivity contribution is 6.04. The second-order valence-electron chi connectivity index (χ2n) is 6.69. The highest BCUT2D eigenvalue weighted by atomic mass is 16.1. The summed E-state index contributed by atoms with van der Waals surface area (Å²) in [6.45, 7) is 4.89. The van der Waals surface area contributed by atoms with Gasteiger partial charge in [0.2, 0.25) is 0 Å². The molecule has 1 aromatic carbocycles. The molecule has 27 heavy (non-hydrogen) atoms. The van der Waals surface area contributed by atoms with Crippen LogP contribution in [0.4, 0.5) is 11.5 Å². The lowest BCUT2D eigenvalue weighted by Gasteiger charge is -2.18. The van der Waals surface area contributed by atoms with Crippen molar-refractivity contribution in [2.45, 2.75) is 20.3 Å². The van der Waals surface area contributed by atoms with E-state index in [1.807, 2.05) is 63.4 Å². The van der Waals surface area contributed by atoms with Crippen molar-refractivity contribution in [3.8, 4) is 0 Å². The van der Waals surface area contributed by atoms with E-state index in [4.69, 9.17) is 0 Å². The fourth-order valence-corrected chi connectivity index (χ4v) is 2.73. The predicted octanol–water partition coefficient (Wildman–Crippen LogP) is 4.02. The molecule has 2 aromatic heterocycles. The van der Waals surface area contributed by atoms with E-state index in [2.05, 4.69) is 20.2 Å². The number of hydrogen-bond donors (Lipinski definition) is 1. The van der Waals surface area contributed by atoms with Crippen LogP contribution in [0.25, 0.3) is 0 Å². The maximum atomic E-state index is 12.4. The number of carbonyl (C=O) groups is 1. The molecule has 3 rings (SSSR count). The number of pyridine rings is 2. The average Bonchev–Trinajstić information content (AvgIpc) is 2.69. The average molecular weight is 360 g/mol. The number of aryl methyl sites for hydroxylation is 2. The summed E-state index contributed by atoms with van der Waals surface area (Å²) >= 11 is 0. The van der Waals surface area contributed by atoms with E-state index in [-0.39, 0.29) is 5.91 Å². The summed E-state index contributed by atoms with van der Waals surface area (Å²) in [6, 6.07) is 13.5. The topological polar surface area (TPSA) is 58.1 Å². The largest absolute Gasteiger partial charge is 0.359 e. The van der Waals surface area contributed by atoms with Gasteiger partial charge < -0.3 is 10.2 Å². The minimum atomic E-state index is -0.126. The van der Waals surface area contributed by atoms with Gasteiger partial charge in [0.05, 0.1) is 11.9 Å². The highest BCUT2D eigenvalue weighted by Crippen LogP contribution is 2.16. The first-order chi connectivity index (χ1) is 13.0. The maximum absolute atomic E-state index is 12.4. The van der Waals surface area contributed by atoms with Crippen LogP contribution in [0.3, 0.4) is 0 Å². The third-order valence-electron chi connectivity index (χ3n) is 4.65. The van der Waals surface area contributed by atoms with E-state index in [1.54, 1.807) is 18.6 Å². The maximum Gasteiger partial charge on any atom is 0.255 e. The predicted molar refractivity (Wildman–Crippen MR) is 109 cm³/mol. The molecular weight excluding hydrogens is 336 g/mol. The summed E-state index contributed by atoms with van der Waals surface area (Å²) in [4.78, 5) is 23.0. The second kappa shape index (κ2) is 8.45. The number of aromatic nitrogens is 2. The van der Waals surface area contributed by atoms with Crippen molar-refractivity contribution in [3.63, 3.8) is 0 Å². The van der Waals surface area contributed by atoms with Gasteiger partial charge in [0.15, 0.2) is 0 Å². The number of likely N-dealkylation sites (N-methyl/N-ethyl adjacent to an activating group) is 1. The Morgan fingerprint density at radius 1 is 1.04 bits per heavy atom. The molecule has 0 spiro atoms. The van der Waals surface area contributed by atoms with Crippen LogP contribution in [0.5, 0.6) is 0 Å². The van der Waals surface area contributed by atoms with Gasteiger partial charge in [-0.15, -0.1) is 0 Å². The molecule has 5 nitrogen and oxygen atoms in total. The Bertz CT molecular complexity index is 907. The summed E-state index contributed by atoms with van der Waals surface area (Å²) in [7, 11) is 2.01. The number of carbonyl (C=O) groups excluding carboxylic acids is 1. The SMILES string of the molecule is Cc1ccc(C(=O)Nc2ccc(N(C)CCc3ccncc3)nc2)cc1C. The van der Waals surface area contributed by atoms with Gasteiger partial charge in [0.25, 0.3) is 5.91 Å². The minimum absolute atomic E-state index is 0.126. The zero-order chi connectivity index (χ0) is 19.2. The lowest BCUT2D eigenvalue weighted by Crippen LogP contribution is -2.21. The molecule has 0 saturated heterocycles. The number of benzene rings is 1. The standard InChI is InChI=1S/C22H24N4O/c1-16-4-5-19(14-17(16)2)22(27)25-20-6-7-21(24-15-20)26(3)13-10-18-8-11-23-12-9-18/h4-9,11-12,14-15H,10,13H2,1-3H3,(H,25,27). The molecule has 1 N–H and O–H groups in total. The van der Waals surface area contributed by atoms with Crippen LogP contribution in [-0.2, 0) is 6.42 Å². The van der Waals surface area contributed by atoms with Gasteiger partial charge in [0.1, 0.15) is 5.82 Å². The van der Waals surface area contributed by atoms with Crippen LogP contribution in [0, 0.1) is 13.8 Å². The first-order valence-corrected chi connectivity index (χ1v) is 8.97. The smallest absolute Gasteiger partial charge is 0.255 e. The molecule has 0 aliphatic rings. The summed E-state index contributed by atoms with van der Waals surface area (Å²) in [5, 5.41) is 2.90. The van der Waals surface area contributed by atoms with Crippen molar-refractivity contribution in [3.05, 3.63) is 83.3 Å². The van der Waals surface area contributed by atoms with Crippen molar-refractivity contribution < 1.29 is 4.79 Å². The van der Waals surface area contributed by atoms with Gasteiger partial charge in [0, 0.05) is 31.5 Å². The molecule has 3 aromatic rings. The number of rotatable bonds is 6. The molecule has 0 fully saturated rings. The molecule has 0 atom stereocenters. The van der Waals surface area contributed by atoms with Crippen molar-refractivity contribution in [2.75, 3.05) is 23.8 Å². The van der Waals surface area contributed by atoms with Crippen LogP contribution in [-0.4, -0.2) is 29.5 Å². The molecule has 0 unspecified atom stereocenters. The normalized spacial score (nSPS) is 10.5. The first-order valence-electron chi connectivity index (χ1n) is 8.97. The zero-order valence-corrected chi connectivity index (χ0v) is 15.9. The van der Waals surface area contributed by atoms with E-state index >= 15 is 0 Å². The number of nitrogens with one attached hydrogen (secondary N) is 1. The molecule has 0 saturated carbocycles. The zero-order valence-electron chi connectivity index (χ0n) is 15.9. The Balaban J connectivity index is 1.59. The van der Waals surface area contributed by atoms with Crippen LogP contribution in [0.1, 0.15) is 27.0 Å². The Morgan fingerprint density at radius 2 is 1.81 bits per heavy atom. The highest BCUT2D eigenvalue weighted by Gasteiger charge is 2.08. The molecular formula is C22H24N4O. The lowest BCUT2D eigenvalue weighted by atomic mass is 10.1. The fourth-order valence-electron chi connectivity index (χ4n) is 2.73. The van der Waals surface area contributed by atoms with Gasteiger partial charge in [-0.2, -0.15) is 0 Å². The van der Waals surface area contributed by atoms with Crippen molar-refractivity contribution in [1.82, 2.24) is 9.97 Å².